The van der Waals surface area contributed by atoms with Crippen molar-refractivity contribution in [1.82, 2.24) is 15.1 Å². The normalized spacial score (nSPS) is 17.4. The molecule has 0 aromatic heterocycles. The number of nitrogens with one attached hydrogen (secondary N) is 2. The van der Waals surface area contributed by atoms with Crippen molar-refractivity contribution in [2.45, 2.75) is 17.7 Å². The number of alkyl halides is 6. The van der Waals surface area contributed by atoms with E-state index in [1.165, 1.54) is 4.72 Å². The average molecular weight is 532 g/mol. The smallest absolute Gasteiger partial charge is 0.489 e. The Labute approximate surface area is 185 Å². The highest BCUT2D eigenvalue weighted by Gasteiger charge is 2.45. The van der Waals surface area contributed by atoms with Crippen LogP contribution in [0, 0.1) is 5.82 Å². The number of nitrogens with zero attached hydrogens (tertiary/aromatic N) is 1. The summed E-state index contributed by atoms with van der Waals surface area (Å²) in [5.74, 6) is -4.19. The van der Waals surface area contributed by atoms with Crippen molar-refractivity contribution in [3.05, 3.63) is 28.5 Å². The fourth-order valence-electron chi connectivity index (χ4n) is 2.33. The largest absolute Gasteiger partial charge is 0.511 e. The molecule has 1 aliphatic rings. The van der Waals surface area contributed by atoms with E-state index in [4.69, 9.17) is 16.3 Å². The second kappa shape index (κ2) is 9.86. The van der Waals surface area contributed by atoms with Crippen molar-refractivity contribution in [2.75, 3.05) is 26.3 Å². The predicted octanol–water partition coefficient (Wildman–Crippen LogP) is 1.73. The van der Waals surface area contributed by atoms with Crippen LogP contribution in [0.15, 0.2) is 12.1 Å². The maximum Gasteiger partial charge on any atom is 0.511 e. The summed E-state index contributed by atoms with van der Waals surface area (Å²) in [5.41, 5.74) is -6.06. The lowest BCUT2D eigenvalue weighted by Gasteiger charge is -2.16. The Balaban J connectivity index is 2.03. The Hall–Kier alpha value is -2.37. The van der Waals surface area contributed by atoms with E-state index in [9.17, 15) is 48.7 Å². The molecule has 1 unspecified atom stereocenters. The van der Waals surface area contributed by atoms with E-state index in [1.54, 1.807) is 0 Å². The average Bonchev–Trinajstić information content (AvgIpc) is 2.97. The zero-order valence-corrected chi connectivity index (χ0v) is 17.5. The molecule has 0 radical (unpaired) electrons. The topological polar surface area (TPSA) is 114 Å². The number of ether oxygens (including phenoxy) is 1. The number of hydrogen-bond donors (Lipinski definition) is 2. The number of carbonyl (C=O) groups excluding carboxylic acids is 2. The van der Waals surface area contributed by atoms with Crippen LogP contribution in [0.1, 0.15) is 10.4 Å². The van der Waals surface area contributed by atoms with E-state index in [0.717, 1.165) is 0 Å². The van der Waals surface area contributed by atoms with Gasteiger partial charge in [0.05, 0.1) is 10.6 Å². The summed E-state index contributed by atoms with van der Waals surface area (Å²) >= 11 is 5.76. The second-order valence-corrected chi connectivity index (χ2v) is 8.43. The number of amides is 2. The van der Waals surface area contributed by atoms with Crippen LogP contribution < -0.4 is 14.8 Å². The second-order valence-electron chi connectivity index (χ2n) is 6.27. The minimum absolute atomic E-state index is 0.00769. The minimum Gasteiger partial charge on any atom is -0.489 e. The van der Waals surface area contributed by atoms with E-state index < -0.39 is 88.0 Å². The molecule has 1 aromatic carbocycles. The zero-order chi connectivity index (χ0) is 25.2. The Bertz CT molecular complexity index is 1020. The number of carbonyl (C=O) groups is 2. The fraction of sp³-hybridized carbons (Fsp3) is 0.467. The van der Waals surface area contributed by atoms with Gasteiger partial charge in [-0.1, -0.05) is 11.6 Å². The molecule has 2 amide bonds. The lowest BCUT2D eigenvalue weighted by atomic mass is 10.1. The molecule has 2 N–H and O–H groups in total. The van der Waals surface area contributed by atoms with E-state index in [-0.39, 0.29) is 5.06 Å². The predicted molar refractivity (Wildman–Crippen MR) is 94.9 cm³/mol. The van der Waals surface area contributed by atoms with E-state index in [1.807, 2.05) is 0 Å². The highest BCUT2D eigenvalue weighted by atomic mass is 35.5. The van der Waals surface area contributed by atoms with Crippen LogP contribution in [0.3, 0.4) is 0 Å². The standard InChI is InChI=1S/C15H13ClF7N3O6S/c16-8-4-9(17)11(31-2-1-24-33(29,30)15(21,22)23)3-7(8)12(27)25-10-5-32-26(13(10)28)6-14(18,19)20/h3-4,10,24H,1-2,5-6H2,(H,25,27). The number of sulfonamides is 1. The van der Waals surface area contributed by atoms with Crippen LogP contribution in [-0.4, -0.2) is 69.3 Å². The molecule has 1 heterocycles. The third-order valence-corrected chi connectivity index (χ3v) is 5.30. The molecule has 0 saturated carbocycles. The van der Waals surface area contributed by atoms with Crippen LogP contribution >= 0.6 is 11.6 Å². The highest BCUT2D eigenvalue weighted by molar-refractivity contribution is 7.90. The van der Waals surface area contributed by atoms with Crippen molar-refractivity contribution in [2.24, 2.45) is 0 Å². The van der Waals surface area contributed by atoms with Gasteiger partial charge in [-0.25, -0.2) is 22.6 Å². The molecule has 18 heteroatoms. The third-order valence-electron chi connectivity index (χ3n) is 3.79. The van der Waals surface area contributed by atoms with Crippen LogP contribution in [0.4, 0.5) is 30.7 Å². The summed E-state index contributed by atoms with van der Waals surface area (Å²) in [6.07, 6.45) is -4.75. The van der Waals surface area contributed by atoms with Gasteiger partial charge in [-0.2, -0.15) is 26.3 Å². The van der Waals surface area contributed by atoms with Gasteiger partial charge in [0, 0.05) is 6.54 Å². The molecule has 2 rings (SSSR count). The summed E-state index contributed by atoms with van der Waals surface area (Å²) in [6.45, 7) is -4.03. The molecule has 0 bridgehead atoms. The zero-order valence-electron chi connectivity index (χ0n) is 15.9. The van der Waals surface area contributed by atoms with E-state index in [0.29, 0.717) is 12.1 Å². The number of hydrogen-bond acceptors (Lipinski definition) is 6. The molecule has 33 heavy (non-hydrogen) atoms. The van der Waals surface area contributed by atoms with Crippen LogP contribution in [0.2, 0.25) is 5.02 Å². The quantitative estimate of drug-likeness (QED) is 0.390. The van der Waals surface area contributed by atoms with Crippen molar-refractivity contribution < 1.29 is 58.3 Å². The third kappa shape index (κ3) is 7.05. The molecule has 0 spiro atoms. The molecular weight excluding hydrogens is 519 g/mol. The van der Waals surface area contributed by atoms with Gasteiger partial charge in [0.25, 0.3) is 11.8 Å². The summed E-state index contributed by atoms with van der Waals surface area (Å²) in [4.78, 5) is 28.8. The van der Waals surface area contributed by atoms with Crippen molar-refractivity contribution >= 4 is 33.4 Å². The molecule has 1 aromatic rings. The molecular formula is C15H13ClF7N3O6S. The summed E-state index contributed by atoms with van der Waals surface area (Å²) in [6, 6.07) is -0.213. The van der Waals surface area contributed by atoms with Gasteiger partial charge < -0.3 is 10.1 Å². The Kier molecular flexibility index (Phi) is 8.03. The fourth-order valence-corrected chi connectivity index (χ4v) is 3.08. The summed E-state index contributed by atoms with van der Waals surface area (Å²) < 4.78 is 116. The maximum atomic E-state index is 14.0. The van der Waals surface area contributed by atoms with Gasteiger partial charge in [0.2, 0.25) is 0 Å². The van der Waals surface area contributed by atoms with Gasteiger partial charge in [-0.05, 0) is 12.1 Å². The highest BCUT2D eigenvalue weighted by Crippen LogP contribution is 2.27. The molecule has 1 atom stereocenters. The number of halogens is 8. The first-order chi connectivity index (χ1) is 15.0. The number of hydroxylamine groups is 2. The SMILES string of the molecule is O=C(NC1CON(CC(F)(F)F)C1=O)c1cc(OCCNS(=O)(=O)C(F)(F)F)c(F)cc1Cl. The minimum atomic E-state index is -5.65. The van der Waals surface area contributed by atoms with Crippen LogP contribution in [-0.2, 0) is 19.7 Å². The first-order valence-electron chi connectivity index (χ1n) is 8.51. The Morgan fingerprint density at radius 1 is 1.24 bits per heavy atom. The first kappa shape index (κ1) is 26.9. The van der Waals surface area contributed by atoms with E-state index >= 15 is 0 Å². The molecule has 1 fully saturated rings. The number of benzene rings is 1. The molecule has 0 aliphatic carbocycles. The molecule has 1 aliphatic heterocycles. The van der Waals surface area contributed by atoms with Crippen molar-refractivity contribution in [3.63, 3.8) is 0 Å². The van der Waals surface area contributed by atoms with Gasteiger partial charge in [0.15, 0.2) is 11.6 Å². The number of rotatable bonds is 8. The van der Waals surface area contributed by atoms with Gasteiger partial charge in [-0.15, -0.1) is 0 Å². The lowest BCUT2D eigenvalue weighted by molar-refractivity contribution is -0.214. The Morgan fingerprint density at radius 2 is 1.88 bits per heavy atom. The van der Waals surface area contributed by atoms with Gasteiger partial charge in [0.1, 0.15) is 25.8 Å². The molecule has 186 valence electrons. The van der Waals surface area contributed by atoms with Crippen molar-refractivity contribution in [1.29, 1.82) is 0 Å². The first-order valence-corrected chi connectivity index (χ1v) is 10.4. The Morgan fingerprint density at radius 3 is 2.45 bits per heavy atom. The monoisotopic (exact) mass is 531 g/mol. The molecule has 1 saturated heterocycles. The maximum absolute atomic E-state index is 14.0. The van der Waals surface area contributed by atoms with Crippen LogP contribution in [0.25, 0.3) is 0 Å². The molecule has 9 nitrogen and oxygen atoms in total. The summed E-state index contributed by atoms with van der Waals surface area (Å²) in [5, 5.41) is 1.57. The van der Waals surface area contributed by atoms with Gasteiger partial charge >= 0.3 is 21.7 Å². The van der Waals surface area contributed by atoms with Crippen LogP contribution in [0.5, 0.6) is 5.75 Å². The van der Waals surface area contributed by atoms with Gasteiger partial charge in [-0.3, -0.25) is 14.4 Å². The van der Waals surface area contributed by atoms with Crippen molar-refractivity contribution in [3.8, 4) is 5.75 Å². The summed E-state index contributed by atoms with van der Waals surface area (Å²) in [7, 11) is -5.65. The lowest BCUT2D eigenvalue weighted by Crippen LogP contribution is -2.44. The van der Waals surface area contributed by atoms with E-state index in [2.05, 4.69) is 10.2 Å².